The minimum absolute atomic E-state index is 0. The first-order chi connectivity index (χ1) is 3.81. The zero-order chi connectivity index (χ0) is 7.71. The lowest BCUT2D eigenvalue weighted by Gasteiger charge is -2.09. The van der Waals surface area contributed by atoms with E-state index < -0.39 is 8.25 Å². The third kappa shape index (κ3) is 5.71. The Morgan fingerprint density at radius 1 is 1.00 bits per heavy atom. The molecular formula is C3H2Cl7N. The molecule has 0 aromatic rings. The van der Waals surface area contributed by atoms with Gasteiger partial charge in [0.25, 0.3) is 6.57 Å². The monoisotopic (exact) mass is 297 g/mol. The zero-order valence-electron chi connectivity index (χ0n) is 4.70. The summed E-state index contributed by atoms with van der Waals surface area (Å²) in [6, 6.07) is 0. The van der Waals surface area contributed by atoms with E-state index in [9.17, 15) is 0 Å². The van der Waals surface area contributed by atoms with E-state index in [-0.39, 0.29) is 24.8 Å². The van der Waals surface area contributed by atoms with E-state index in [0.29, 0.717) is 0 Å². The lowest BCUT2D eigenvalue weighted by Crippen LogP contribution is -3.00. The molecule has 0 unspecified atom stereocenters. The second kappa shape index (κ2) is 6.05. The summed E-state index contributed by atoms with van der Waals surface area (Å²) in [4.78, 5) is 2.93. The van der Waals surface area contributed by atoms with Gasteiger partial charge in [-0.1, -0.05) is 34.8 Å². The quantitative estimate of drug-likeness (QED) is 0.462. The molecule has 0 bridgehead atoms. The van der Waals surface area contributed by atoms with Gasteiger partial charge in [0.1, 0.15) is 0 Å². The predicted molar refractivity (Wildman–Crippen MR) is 50.3 cm³/mol. The van der Waals surface area contributed by atoms with Crippen molar-refractivity contribution in [2.24, 2.45) is 0 Å². The van der Waals surface area contributed by atoms with Crippen LogP contribution in [0, 0.1) is 6.57 Å². The molecule has 0 spiro atoms. The number of rotatable bonds is 0. The largest absolute Gasteiger partial charge is 1.00 e. The highest BCUT2D eigenvalue weighted by atomic mass is 35.6. The van der Waals surface area contributed by atoms with Crippen molar-refractivity contribution >= 4 is 70.4 Å². The molecule has 0 aliphatic rings. The lowest BCUT2D eigenvalue weighted by atomic mass is 10.7. The van der Waals surface area contributed by atoms with Crippen molar-refractivity contribution in [2.45, 2.75) is 8.25 Å². The second-order valence-corrected chi connectivity index (χ2v) is 4.74. The van der Waals surface area contributed by atoms with E-state index in [1.54, 1.807) is 0 Å². The minimum atomic E-state index is -1.90. The maximum absolute atomic E-state index is 5.27. The van der Waals surface area contributed by atoms with Gasteiger partial charge in [-0.3, -0.25) is 0 Å². The van der Waals surface area contributed by atoms with Gasteiger partial charge < -0.3 is 12.4 Å². The van der Waals surface area contributed by atoms with Crippen LogP contribution in [-0.2, 0) is 0 Å². The van der Waals surface area contributed by atoms with Gasteiger partial charge in [-0.25, -0.2) is 0 Å². The third-order valence-corrected chi connectivity index (χ3v) is 2.67. The number of halogens is 7. The highest BCUT2D eigenvalue weighted by Crippen LogP contribution is 2.46. The summed E-state index contributed by atoms with van der Waals surface area (Å²) >= 11 is 26.2. The summed E-state index contributed by atoms with van der Waals surface area (Å²) in [5.41, 5.74) is 0. The maximum atomic E-state index is 5.27. The molecule has 0 N–H and O–H groups in total. The zero-order valence-corrected chi connectivity index (χ0v) is 10.1. The Morgan fingerprint density at radius 2 is 1.27 bits per heavy atom. The smallest absolute Gasteiger partial charge is 0.475 e. The molecule has 0 aliphatic heterocycles. The average Bonchev–Trinajstić information content (AvgIpc) is 1.64. The van der Waals surface area contributed by atoms with Gasteiger partial charge in [0.2, 0.25) is 0 Å². The first-order valence-corrected chi connectivity index (χ1v) is 3.57. The van der Waals surface area contributed by atoms with Crippen molar-refractivity contribution in [1.82, 2.24) is 0 Å². The Hall–Kier alpha value is 1.52. The summed E-state index contributed by atoms with van der Waals surface area (Å²) in [6.07, 6.45) is 0. The summed E-state index contributed by atoms with van der Waals surface area (Å²) in [5.74, 6) is 0. The number of nitrogens with zero attached hydrogens (tertiary/aromatic N) is 1. The van der Waals surface area contributed by atoms with Crippen LogP contribution in [0.1, 0.15) is 0 Å². The van der Waals surface area contributed by atoms with Crippen LogP contribution in [0.5, 0.6) is 0 Å². The number of hydrogen-bond acceptors (Lipinski definition) is 0. The van der Waals surface area contributed by atoms with Gasteiger partial charge >= 0.3 is 8.25 Å². The normalized spacial score (nSPS) is 10.5. The molecule has 0 radical (unpaired) electrons. The van der Waals surface area contributed by atoms with Crippen molar-refractivity contribution in [3.63, 3.8) is 0 Å². The van der Waals surface area contributed by atoms with Gasteiger partial charge in [-0.2, -0.15) is 0 Å². The van der Waals surface area contributed by atoms with Crippen molar-refractivity contribution in [1.29, 1.82) is 0 Å². The van der Waals surface area contributed by atoms with Crippen molar-refractivity contribution in [3.05, 3.63) is 4.85 Å². The van der Waals surface area contributed by atoms with E-state index in [2.05, 4.69) is 4.85 Å². The SMILES string of the molecule is C#[N+]C(Cl)(Cl)C(Cl)(Cl)Cl.Cl.[Cl-]. The van der Waals surface area contributed by atoms with Crippen LogP contribution < -0.4 is 12.4 Å². The van der Waals surface area contributed by atoms with E-state index in [4.69, 9.17) is 64.6 Å². The first kappa shape index (κ1) is 18.3. The van der Waals surface area contributed by atoms with Crippen LogP contribution in [0.2, 0.25) is 0 Å². The number of alkyl halides is 5. The molecule has 0 saturated heterocycles. The molecule has 68 valence electrons. The Balaban J connectivity index is -0.000000320. The molecule has 0 saturated carbocycles. The molecule has 1 nitrogen and oxygen atoms in total. The Morgan fingerprint density at radius 3 is 1.27 bits per heavy atom. The average molecular weight is 300 g/mol. The van der Waals surface area contributed by atoms with Gasteiger partial charge in [0, 0.05) is 0 Å². The number of hydrogen-bond donors (Lipinski definition) is 0. The van der Waals surface area contributed by atoms with E-state index in [1.807, 2.05) is 0 Å². The summed E-state index contributed by atoms with van der Waals surface area (Å²) < 4.78 is -3.78. The van der Waals surface area contributed by atoms with Crippen molar-refractivity contribution < 1.29 is 12.4 Å². The summed E-state index contributed by atoms with van der Waals surface area (Å²) in [7, 11) is 0. The molecule has 8 heteroatoms. The van der Waals surface area contributed by atoms with Crippen LogP contribution in [0.25, 0.3) is 4.85 Å². The van der Waals surface area contributed by atoms with Crippen molar-refractivity contribution in [3.8, 4) is 6.57 Å². The molecule has 0 amide bonds. The highest BCUT2D eigenvalue weighted by molar-refractivity contribution is 6.75. The molecule has 0 fully saturated rings. The summed E-state index contributed by atoms with van der Waals surface area (Å²) in [5, 5.41) is 0. The van der Waals surface area contributed by atoms with Crippen LogP contribution in [-0.4, -0.2) is 8.25 Å². The fraction of sp³-hybridized carbons (Fsp3) is 0.667. The van der Waals surface area contributed by atoms with Gasteiger partial charge in [-0.05, 0) is 28.0 Å². The lowest BCUT2D eigenvalue weighted by molar-refractivity contribution is -0.00000163. The second-order valence-electron chi connectivity index (χ2n) is 1.17. The molecule has 0 aliphatic carbocycles. The van der Waals surface area contributed by atoms with Crippen LogP contribution >= 0.6 is 70.4 Å². The molecule has 0 heterocycles. The Bertz CT molecular complexity index is 141. The topological polar surface area (TPSA) is 4.36 Å². The molecule has 11 heavy (non-hydrogen) atoms. The molecular weight excluding hydrogens is 298 g/mol. The molecule has 0 rings (SSSR count). The maximum Gasteiger partial charge on any atom is 0.475 e. The molecule has 0 aromatic heterocycles. The predicted octanol–water partition coefficient (Wildman–Crippen LogP) is 0.876. The van der Waals surface area contributed by atoms with Gasteiger partial charge in [0.05, 0.1) is 0 Å². The Labute approximate surface area is 102 Å². The summed E-state index contributed by atoms with van der Waals surface area (Å²) in [6.45, 7) is 4.70. The van der Waals surface area contributed by atoms with E-state index in [0.717, 1.165) is 0 Å². The minimum Gasteiger partial charge on any atom is -1.00 e. The third-order valence-electron chi connectivity index (χ3n) is 0.503. The first-order valence-electron chi connectivity index (χ1n) is 1.68. The van der Waals surface area contributed by atoms with E-state index in [1.165, 1.54) is 0 Å². The van der Waals surface area contributed by atoms with E-state index >= 15 is 0 Å². The van der Waals surface area contributed by atoms with Gasteiger partial charge in [-0.15, -0.1) is 12.4 Å². The molecule has 0 atom stereocenters. The Kier molecular flexibility index (Phi) is 10.1. The fourth-order valence-electron chi connectivity index (χ4n) is 0.0732. The van der Waals surface area contributed by atoms with Crippen LogP contribution in [0.3, 0.4) is 0 Å². The van der Waals surface area contributed by atoms with Gasteiger partial charge in [0.15, 0.2) is 0 Å². The molecule has 0 aromatic carbocycles. The highest BCUT2D eigenvalue weighted by Gasteiger charge is 2.56. The van der Waals surface area contributed by atoms with Crippen LogP contribution in [0.4, 0.5) is 0 Å². The standard InChI is InChI=1S/C3HCl5N.2ClH/c1-9-3(7,8)2(4,5)6;;/h1H;2*1H/q+1;;/p-1. The van der Waals surface area contributed by atoms with Crippen molar-refractivity contribution in [2.75, 3.05) is 0 Å². The fourth-order valence-corrected chi connectivity index (χ4v) is 0.220. The van der Waals surface area contributed by atoms with Crippen LogP contribution in [0.15, 0.2) is 0 Å².